The van der Waals surface area contributed by atoms with Crippen LogP contribution in [0.5, 0.6) is 0 Å². The number of allylic oxidation sites excluding steroid dienone is 1. The highest BCUT2D eigenvalue weighted by molar-refractivity contribution is 8.00. The van der Waals surface area contributed by atoms with Crippen LogP contribution in [0, 0.1) is 6.92 Å². The van der Waals surface area contributed by atoms with E-state index in [0.717, 1.165) is 11.3 Å². The second-order valence-corrected chi connectivity index (χ2v) is 8.93. The Hall–Kier alpha value is -3.65. The number of aliphatic carboxylic acids is 1. The van der Waals surface area contributed by atoms with E-state index in [1.165, 1.54) is 29.2 Å². The Bertz CT molecular complexity index is 1210. The Morgan fingerprint density at radius 3 is 2.85 bits per heavy atom. The van der Waals surface area contributed by atoms with Crippen molar-refractivity contribution in [2.45, 2.75) is 18.3 Å². The maximum Gasteiger partial charge on any atom is 0.352 e. The van der Waals surface area contributed by atoms with Gasteiger partial charge in [-0.05, 0) is 18.6 Å². The Morgan fingerprint density at radius 1 is 1.45 bits per heavy atom. The summed E-state index contributed by atoms with van der Waals surface area (Å²) in [5, 5.41) is 21.0. The third-order valence-corrected chi connectivity index (χ3v) is 6.72. The number of carboxylic acids is 1. The van der Waals surface area contributed by atoms with Gasteiger partial charge in [0, 0.05) is 17.2 Å². The number of amides is 2. The number of nitrogen functional groups attached to an aromatic ring is 1. The smallest absolute Gasteiger partial charge is 0.352 e. The number of nitrogens with one attached hydrogen (secondary N) is 1. The molecule has 2 aliphatic heterocycles. The van der Waals surface area contributed by atoms with Gasteiger partial charge >= 0.3 is 5.97 Å². The zero-order valence-corrected chi connectivity index (χ0v) is 19.0. The summed E-state index contributed by atoms with van der Waals surface area (Å²) in [6.07, 6.45) is 3.18. The number of thioether (sulfide) groups is 1. The van der Waals surface area contributed by atoms with Gasteiger partial charge in [0.25, 0.3) is 11.8 Å². The van der Waals surface area contributed by atoms with E-state index in [9.17, 15) is 19.5 Å². The standard InChI is InChI=1S/C19H18N6O6S2/c1-8-5-10(31-23-8)4-3-9-6-32-17-13(16(27)25(17)14(9)18(28)29)22-15(26)12(24-30-2)11-7-33-19(20)21-11/h3-5,7,13,17H,6H2,1-2H3,(H2,20,21)(H,22,26)(H,28,29)/b4-3+,24-12-. The van der Waals surface area contributed by atoms with Crippen molar-refractivity contribution in [2.75, 3.05) is 18.6 Å². The highest BCUT2D eigenvalue weighted by Crippen LogP contribution is 2.40. The lowest BCUT2D eigenvalue weighted by molar-refractivity contribution is -0.150. The number of nitrogens with zero attached hydrogens (tertiary/aromatic N) is 4. The highest BCUT2D eigenvalue weighted by atomic mass is 32.2. The van der Waals surface area contributed by atoms with Crippen LogP contribution in [0.3, 0.4) is 0 Å². The van der Waals surface area contributed by atoms with Crippen LogP contribution in [0.1, 0.15) is 17.1 Å². The number of oxime groups is 1. The molecule has 0 radical (unpaired) electrons. The van der Waals surface area contributed by atoms with E-state index in [1.807, 2.05) is 0 Å². The SMILES string of the molecule is CO/N=C(\C(=O)NC1C(=O)N2C(C(=O)O)=C(/C=C/c3cc(C)no3)CSC12)c1csc(N)n1. The molecule has 172 valence electrons. The summed E-state index contributed by atoms with van der Waals surface area (Å²) in [6.45, 7) is 1.77. The van der Waals surface area contributed by atoms with Crippen molar-refractivity contribution in [1.29, 1.82) is 0 Å². The summed E-state index contributed by atoms with van der Waals surface area (Å²) >= 11 is 2.45. The predicted molar refractivity (Wildman–Crippen MR) is 120 cm³/mol. The topological polar surface area (TPSA) is 173 Å². The molecule has 0 spiro atoms. The summed E-state index contributed by atoms with van der Waals surface area (Å²) in [7, 11) is 1.27. The molecule has 33 heavy (non-hydrogen) atoms. The van der Waals surface area contributed by atoms with Gasteiger partial charge in [-0.3, -0.25) is 14.5 Å². The van der Waals surface area contributed by atoms with E-state index in [1.54, 1.807) is 25.1 Å². The number of fused-ring (bicyclic) bond motifs is 1. The van der Waals surface area contributed by atoms with Gasteiger partial charge in [0.05, 0.1) is 5.69 Å². The van der Waals surface area contributed by atoms with Gasteiger partial charge in [-0.1, -0.05) is 16.4 Å². The van der Waals surface area contributed by atoms with Crippen molar-refractivity contribution < 1.29 is 28.9 Å². The van der Waals surface area contributed by atoms with Gasteiger partial charge in [0.2, 0.25) is 0 Å². The second kappa shape index (κ2) is 9.07. The predicted octanol–water partition coefficient (Wildman–Crippen LogP) is 0.824. The molecule has 1 saturated heterocycles. The first-order chi connectivity index (χ1) is 15.8. The van der Waals surface area contributed by atoms with Crippen LogP contribution in [-0.4, -0.2) is 67.9 Å². The third-order valence-electron chi connectivity index (χ3n) is 4.74. The van der Waals surface area contributed by atoms with Crippen LogP contribution in [0.4, 0.5) is 5.13 Å². The molecule has 12 nitrogen and oxygen atoms in total. The van der Waals surface area contributed by atoms with E-state index in [2.05, 4.69) is 20.6 Å². The molecule has 2 aromatic heterocycles. The molecule has 14 heteroatoms. The number of anilines is 1. The van der Waals surface area contributed by atoms with Crippen molar-refractivity contribution >= 4 is 57.8 Å². The minimum atomic E-state index is -1.24. The number of thiazole rings is 1. The molecule has 2 unspecified atom stereocenters. The van der Waals surface area contributed by atoms with Gasteiger partial charge in [0.15, 0.2) is 16.6 Å². The van der Waals surface area contributed by atoms with Crippen molar-refractivity contribution in [3.8, 4) is 0 Å². The normalized spacial score (nSPS) is 20.6. The average molecular weight is 491 g/mol. The van der Waals surface area contributed by atoms with Crippen molar-refractivity contribution in [1.82, 2.24) is 20.4 Å². The molecule has 2 atom stereocenters. The van der Waals surface area contributed by atoms with Gasteiger partial charge in [-0.15, -0.1) is 23.1 Å². The van der Waals surface area contributed by atoms with Crippen molar-refractivity contribution in [2.24, 2.45) is 5.16 Å². The summed E-state index contributed by atoms with van der Waals surface area (Å²) < 4.78 is 5.10. The van der Waals surface area contributed by atoms with E-state index >= 15 is 0 Å². The minimum Gasteiger partial charge on any atom is -0.477 e. The lowest BCUT2D eigenvalue weighted by Crippen LogP contribution is -2.71. The third kappa shape index (κ3) is 4.34. The largest absolute Gasteiger partial charge is 0.477 e. The lowest BCUT2D eigenvalue weighted by Gasteiger charge is -2.49. The molecule has 0 saturated carbocycles. The number of carboxylic acid groups (broad SMARTS) is 1. The first-order valence-corrected chi connectivity index (χ1v) is 11.4. The van der Waals surface area contributed by atoms with E-state index < -0.39 is 29.2 Å². The molecule has 2 aromatic rings. The lowest BCUT2D eigenvalue weighted by atomic mass is 10.0. The minimum absolute atomic E-state index is 0.139. The van der Waals surface area contributed by atoms with Crippen LogP contribution in [0.15, 0.2) is 38.5 Å². The average Bonchev–Trinajstić information content (AvgIpc) is 3.40. The molecular weight excluding hydrogens is 472 g/mol. The van der Waals surface area contributed by atoms with Gasteiger partial charge in [-0.2, -0.15) is 0 Å². The monoisotopic (exact) mass is 490 g/mol. The number of carbonyl (C=O) groups is 3. The Labute approximate surface area is 195 Å². The number of nitrogens with two attached hydrogens (primary N) is 1. The van der Waals surface area contributed by atoms with Crippen LogP contribution in [-0.2, 0) is 19.2 Å². The molecule has 4 heterocycles. The van der Waals surface area contributed by atoms with Gasteiger partial charge < -0.3 is 25.5 Å². The highest BCUT2D eigenvalue weighted by Gasteiger charge is 2.54. The first-order valence-electron chi connectivity index (χ1n) is 9.46. The fraction of sp³-hybridized carbons (Fsp3) is 0.263. The zero-order valence-electron chi connectivity index (χ0n) is 17.3. The first kappa shape index (κ1) is 22.5. The van der Waals surface area contributed by atoms with Crippen molar-refractivity contribution in [3.05, 3.63) is 45.9 Å². The summed E-state index contributed by atoms with van der Waals surface area (Å²) in [5.41, 5.74) is 6.68. The fourth-order valence-electron chi connectivity index (χ4n) is 3.32. The quantitative estimate of drug-likeness (QED) is 0.286. The molecule has 0 bridgehead atoms. The number of β-lactam (4-membered cyclic amide) rings is 1. The van der Waals surface area contributed by atoms with Crippen LogP contribution in [0.2, 0.25) is 0 Å². The van der Waals surface area contributed by atoms with E-state index in [4.69, 9.17) is 15.1 Å². The summed E-state index contributed by atoms with van der Waals surface area (Å²) in [5.74, 6) is -1.70. The van der Waals surface area contributed by atoms with Crippen LogP contribution >= 0.6 is 23.1 Å². The summed E-state index contributed by atoms with van der Waals surface area (Å²) in [6, 6.07) is 0.767. The number of aromatic nitrogens is 2. The van der Waals surface area contributed by atoms with E-state index in [0.29, 0.717) is 22.8 Å². The fourth-order valence-corrected chi connectivity index (χ4v) is 5.18. The second-order valence-electron chi connectivity index (χ2n) is 6.94. The number of hydrogen-bond acceptors (Lipinski definition) is 11. The van der Waals surface area contributed by atoms with Gasteiger partial charge in [0.1, 0.15) is 29.9 Å². The molecule has 0 aliphatic carbocycles. The Balaban J connectivity index is 1.53. The maximum absolute atomic E-state index is 12.8. The number of carbonyl (C=O) groups excluding carboxylic acids is 2. The molecule has 2 amide bonds. The molecule has 2 aliphatic rings. The summed E-state index contributed by atoms with van der Waals surface area (Å²) in [4.78, 5) is 47.5. The molecule has 1 fully saturated rings. The number of hydrogen-bond donors (Lipinski definition) is 3. The van der Waals surface area contributed by atoms with Gasteiger partial charge in [-0.25, -0.2) is 9.78 Å². The molecular formula is C19H18N6O6S2. The Morgan fingerprint density at radius 2 is 2.24 bits per heavy atom. The van der Waals surface area contributed by atoms with Crippen LogP contribution in [0.25, 0.3) is 6.08 Å². The molecule has 4 N–H and O–H groups in total. The Kier molecular flexibility index (Phi) is 6.20. The maximum atomic E-state index is 12.8. The van der Waals surface area contributed by atoms with E-state index in [-0.39, 0.29) is 22.2 Å². The zero-order chi connectivity index (χ0) is 23.7. The molecule has 4 rings (SSSR count). The number of aryl methyl sites for hydroxylation is 1. The number of rotatable bonds is 7. The van der Waals surface area contributed by atoms with Crippen LogP contribution < -0.4 is 11.1 Å². The van der Waals surface area contributed by atoms with Crippen molar-refractivity contribution in [3.63, 3.8) is 0 Å². The molecule has 0 aromatic carbocycles.